The van der Waals surface area contributed by atoms with Gasteiger partial charge in [-0.15, -0.1) is 0 Å². The van der Waals surface area contributed by atoms with Crippen LogP contribution in [0, 0.1) is 11.7 Å². The summed E-state index contributed by atoms with van der Waals surface area (Å²) in [4.78, 5) is 16.8. The van der Waals surface area contributed by atoms with Gasteiger partial charge >= 0.3 is 5.97 Å². The molecular weight excluding hydrogens is 475 g/mol. The van der Waals surface area contributed by atoms with E-state index >= 15 is 0 Å². The zero-order valence-electron chi connectivity index (χ0n) is 18.8. The second-order valence-corrected chi connectivity index (χ2v) is 9.53. The Morgan fingerprint density at radius 3 is 2.68 bits per heavy atom. The predicted octanol–water partition coefficient (Wildman–Crippen LogP) is 5.69. The average Bonchev–Trinajstić information content (AvgIpc) is 3.45. The number of benzene rings is 2. The van der Waals surface area contributed by atoms with E-state index in [4.69, 9.17) is 21.5 Å². The Kier molecular flexibility index (Phi) is 7.18. The number of ether oxygens (including phenoxy) is 1. The molecule has 0 fully saturated rings. The van der Waals surface area contributed by atoms with E-state index in [0.29, 0.717) is 28.0 Å². The molecule has 2 aromatic carbocycles. The van der Waals surface area contributed by atoms with Gasteiger partial charge in [-0.05, 0) is 42.7 Å². The highest BCUT2D eigenvalue weighted by Gasteiger charge is 2.23. The third-order valence-corrected chi connectivity index (χ3v) is 6.27. The number of carbonyl (C=O) groups is 1. The topological polar surface area (TPSA) is 89.3 Å². The normalized spacial score (nSPS) is 12.0. The minimum Gasteiger partial charge on any atom is -0.467 e. The van der Waals surface area contributed by atoms with E-state index in [-0.39, 0.29) is 17.7 Å². The maximum absolute atomic E-state index is 13.4. The van der Waals surface area contributed by atoms with Gasteiger partial charge in [0, 0.05) is 17.3 Å². The standard InChI is InChI=1S/C24H23FN4O3S2/c1-13(2)10-19(23(30)31-3)27-22(33)20-12-18(29-32-20)14-4-7-16(8-5-14)26-24-28-17-9-6-15(25)11-21(17)34-24/h4-9,11-13,19H,10H2,1-3H3,(H,26,28)(H,27,33)/t19-/m0/s1. The Bertz CT molecular complexity index is 1320. The van der Waals surface area contributed by atoms with Gasteiger partial charge in [-0.3, -0.25) is 0 Å². The number of fused-ring (bicyclic) bond motifs is 1. The van der Waals surface area contributed by atoms with E-state index in [1.165, 1.54) is 30.6 Å². The van der Waals surface area contributed by atoms with Gasteiger partial charge in [-0.1, -0.05) is 54.7 Å². The molecule has 7 nitrogen and oxygen atoms in total. The summed E-state index contributed by atoms with van der Waals surface area (Å²) < 4.78 is 24.5. The van der Waals surface area contributed by atoms with E-state index in [0.717, 1.165) is 21.5 Å². The van der Waals surface area contributed by atoms with Crippen molar-refractivity contribution in [3.8, 4) is 11.3 Å². The van der Waals surface area contributed by atoms with E-state index in [1.54, 1.807) is 12.1 Å². The number of nitrogens with zero attached hydrogens (tertiary/aromatic N) is 2. The van der Waals surface area contributed by atoms with Crippen molar-refractivity contribution in [2.24, 2.45) is 5.92 Å². The van der Waals surface area contributed by atoms with Crippen molar-refractivity contribution in [2.45, 2.75) is 26.3 Å². The Morgan fingerprint density at radius 1 is 1.21 bits per heavy atom. The maximum atomic E-state index is 13.4. The minimum absolute atomic E-state index is 0.278. The largest absolute Gasteiger partial charge is 0.467 e. The molecule has 2 aromatic heterocycles. The summed E-state index contributed by atoms with van der Waals surface area (Å²) in [5.41, 5.74) is 3.02. The van der Waals surface area contributed by atoms with Crippen LogP contribution in [-0.4, -0.2) is 34.3 Å². The summed E-state index contributed by atoms with van der Waals surface area (Å²) in [6.07, 6.45) is 0.575. The van der Waals surface area contributed by atoms with Crippen molar-refractivity contribution >= 4 is 55.5 Å². The molecule has 0 radical (unpaired) electrons. The van der Waals surface area contributed by atoms with Gasteiger partial charge in [0.15, 0.2) is 10.9 Å². The summed E-state index contributed by atoms with van der Waals surface area (Å²) >= 11 is 6.80. The number of hydrogen-bond acceptors (Lipinski definition) is 8. The molecule has 34 heavy (non-hydrogen) atoms. The Balaban J connectivity index is 1.43. The van der Waals surface area contributed by atoms with Crippen LogP contribution in [0.2, 0.25) is 0 Å². The zero-order valence-corrected chi connectivity index (χ0v) is 20.4. The number of rotatable bonds is 8. The molecule has 0 saturated heterocycles. The molecule has 0 aliphatic carbocycles. The van der Waals surface area contributed by atoms with Crippen LogP contribution in [0.3, 0.4) is 0 Å². The fraction of sp³-hybridized carbons (Fsp3) is 0.250. The van der Waals surface area contributed by atoms with Crippen molar-refractivity contribution in [1.29, 1.82) is 0 Å². The van der Waals surface area contributed by atoms with Gasteiger partial charge in [0.2, 0.25) is 0 Å². The van der Waals surface area contributed by atoms with Crippen LogP contribution >= 0.6 is 23.6 Å². The highest BCUT2D eigenvalue weighted by Crippen LogP contribution is 2.30. The molecule has 10 heteroatoms. The molecule has 0 unspecified atom stereocenters. The molecule has 4 rings (SSSR count). The molecule has 2 heterocycles. The van der Waals surface area contributed by atoms with Gasteiger partial charge in [0.1, 0.15) is 22.5 Å². The van der Waals surface area contributed by atoms with E-state index in [2.05, 4.69) is 20.8 Å². The summed E-state index contributed by atoms with van der Waals surface area (Å²) in [5, 5.41) is 11.0. The molecule has 2 N–H and O–H groups in total. The summed E-state index contributed by atoms with van der Waals surface area (Å²) in [5.74, 6) is -0.0149. The number of nitrogens with one attached hydrogen (secondary N) is 2. The SMILES string of the molecule is COC(=O)[C@H](CC(C)C)NC(=S)c1cc(-c2ccc(Nc3nc4ccc(F)cc4s3)cc2)no1. The first-order valence-corrected chi connectivity index (χ1v) is 11.8. The fourth-order valence-electron chi connectivity index (χ4n) is 3.38. The number of hydrogen-bond donors (Lipinski definition) is 2. The Morgan fingerprint density at radius 2 is 1.97 bits per heavy atom. The van der Waals surface area contributed by atoms with E-state index in [1.807, 2.05) is 38.1 Å². The lowest BCUT2D eigenvalue weighted by atomic mass is 10.0. The number of thiocarbonyl (C=S) groups is 1. The van der Waals surface area contributed by atoms with Crippen molar-refractivity contribution in [3.63, 3.8) is 0 Å². The third-order valence-electron chi connectivity index (χ3n) is 5.01. The maximum Gasteiger partial charge on any atom is 0.328 e. The molecule has 0 bridgehead atoms. The first-order valence-electron chi connectivity index (χ1n) is 10.6. The molecule has 0 amide bonds. The number of halogens is 1. The van der Waals surface area contributed by atoms with Gasteiger partial charge in [-0.2, -0.15) is 0 Å². The molecule has 0 aliphatic heterocycles. The molecule has 0 aliphatic rings. The molecule has 4 aromatic rings. The third kappa shape index (κ3) is 5.57. The lowest BCUT2D eigenvalue weighted by Crippen LogP contribution is -2.41. The molecule has 0 saturated carbocycles. The van der Waals surface area contributed by atoms with Crippen molar-refractivity contribution in [1.82, 2.24) is 15.5 Å². The number of thiazole rings is 1. The van der Waals surface area contributed by atoms with Crippen LogP contribution in [-0.2, 0) is 9.53 Å². The van der Waals surface area contributed by atoms with Gasteiger partial charge < -0.3 is 19.9 Å². The van der Waals surface area contributed by atoms with Crippen molar-refractivity contribution in [2.75, 3.05) is 12.4 Å². The van der Waals surface area contributed by atoms with E-state index < -0.39 is 6.04 Å². The summed E-state index contributed by atoms with van der Waals surface area (Å²) in [7, 11) is 1.35. The van der Waals surface area contributed by atoms with Crippen LogP contribution in [0.1, 0.15) is 26.0 Å². The lowest BCUT2D eigenvalue weighted by Gasteiger charge is -2.18. The van der Waals surface area contributed by atoms with Gasteiger partial charge in [0.05, 0.1) is 17.3 Å². The fourth-order valence-corrected chi connectivity index (χ4v) is 4.52. The van der Waals surface area contributed by atoms with Gasteiger partial charge in [0.25, 0.3) is 0 Å². The second kappa shape index (κ2) is 10.3. The average molecular weight is 499 g/mol. The highest BCUT2D eigenvalue weighted by atomic mass is 32.1. The quantitative estimate of drug-likeness (QED) is 0.237. The number of esters is 1. The van der Waals surface area contributed by atoms with Crippen molar-refractivity contribution in [3.05, 3.63) is 60.1 Å². The lowest BCUT2D eigenvalue weighted by molar-refractivity contribution is -0.143. The smallest absolute Gasteiger partial charge is 0.328 e. The molecular formula is C24H23FN4O3S2. The monoisotopic (exact) mass is 498 g/mol. The Labute approximate surface area is 205 Å². The number of methoxy groups -OCH3 is 1. The molecule has 0 spiro atoms. The zero-order chi connectivity index (χ0) is 24.2. The van der Waals surface area contributed by atoms with Crippen LogP contribution in [0.4, 0.5) is 15.2 Å². The first kappa shape index (κ1) is 23.8. The van der Waals surface area contributed by atoms with Gasteiger partial charge in [-0.25, -0.2) is 14.2 Å². The number of anilines is 2. The highest BCUT2D eigenvalue weighted by molar-refractivity contribution is 7.80. The Hall–Kier alpha value is -3.37. The summed E-state index contributed by atoms with van der Waals surface area (Å²) in [6.45, 7) is 4.03. The summed E-state index contributed by atoms with van der Waals surface area (Å²) in [6, 6.07) is 13.3. The molecule has 1 atom stereocenters. The minimum atomic E-state index is -0.560. The van der Waals surface area contributed by atoms with Crippen LogP contribution in [0.5, 0.6) is 0 Å². The second-order valence-electron chi connectivity index (χ2n) is 8.09. The first-order chi connectivity index (χ1) is 16.3. The predicted molar refractivity (Wildman–Crippen MR) is 135 cm³/mol. The van der Waals surface area contributed by atoms with Crippen LogP contribution < -0.4 is 10.6 Å². The van der Waals surface area contributed by atoms with E-state index in [9.17, 15) is 9.18 Å². The number of aromatic nitrogens is 2. The van der Waals surface area contributed by atoms with Crippen molar-refractivity contribution < 1.29 is 18.4 Å². The van der Waals surface area contributed by atoms with Crippen LogP contribution in [0.15, 0.2) is 53.1 Å². The van der Waals surface area contributed by atoms with Crippen LogP contribution in [0.25, 0.3) is 21.5 Å². The molecule has 176 valence electrons. The number of carbonyl (C=O) groups excluding carboxylic acids is 1.